The van der Waals surface area contributed by atoms with E-state index >= 15 is 0 Å². The second-order valence-electron chi connectivity index (χ2n) is 5.21. The van der Waals surface area contributed by atoms with Crippen LogP contribution in [0.3, 0.4) is 0 Å². The molecule has 0 saturated carbocycles. The third kappa shape index (κ3) is 2.41. The molecule has 0 aliphatic carbocycles. The number of H-pyrrole nitrogens is 1. The van der Waals surface area contributed by atoms with Crippen molar-refractivity contribution in [3.8, 4) is 12.3 Å². The molecule has 0 fully saturated rings. The van der Waals surface area contributed by atoms with Gasteiger partial charge in [0.15, 0.2) is 0 Å². The Bertz CT molecular complexity index is 711. The van der Waals surface area contributed by atoms with Crippen molar-refractivity contribution >= 4 is 16.9 Å². The summed E-state index contributed by atoms with van der Waals surface area (Å²) >= 11 is 0. The maximum Gasteiger partial charge on any atom is 0.323 e. The van der Waals surface area contributed by atoms with Gasteiger partial charge >= 0.3 is 5.97 Å². The lowest BCUT2D eigenvalue weighted by atomic mass is 9.96. The molecule has 108 valence electrons. The van der Waals surface area contributed by atoms with Crippen LogP contribution in [0, 0.1) is 12.3 Å². The Morgan fingerprint density at radius 1 is 1.52 bits per heavy atom. The predicted octanol–water partition coefficient (Wildman–Crippen LogP) is 2.09. The number of esters is 1. The summed E-state index contributed by atoms with van der Waals surface area (Å²) in [6.45, 7) is 3.30. The van der Waals surface area contributed by atoms with E-state index in [0.29, 0.717) is 26.1 Å². The smallest absolute Gasteiger partial charge is 0.323 e. The molecule has 2 aromatic rings. The van der Waals surface area contributed by atoms with Crippen molar-refractivity contribution in [2.45, 2.75) is 25.9 Å². The Hall–Kier alpha value is -2.25. The number of aromatic amines is 1. The minimum atomic E-state index is -0.298. The number of rotatable bonds is 3. The van der Waals surface area contributed by atoms with Gasteiger partial charge in [0.25, 0.3) is 0 Å². The first-order valence-electron chi connectivity index (χ1n) is 7.17. The summed E-state index contributed by atoms with van der Waals surface area (Å²) in [6, 6.07) is 7.87. The Balaban J connectivity index is 2.00. The van der Waals surface area contributed by atoms with E-state index in [1.165, 1.54) is 10.9 Å². The van der Waals surface area contributed by atoms with E-state index in [1.807, 2.05) is 24.0 Å². The first kappa shape index (κ1) is 13.7. The standard InChI is InChI=1S/C17H18N2O2/c1-3-9-19-11-15-13(10-16(19)17(20)21-4-2)12-7-5-6-8-14(12)18-15/h1,5-8,16,18H,4,9-11H2,2H3. The van der Waals surface area contributed by atoms with Crippen LogP contribution in [0.25, 0.3) is 10.9 Å². The molecule has 1 aromatic carbocycles. The number of nitrogens with zero attached hydrogens (tertiary/aromatic N) is 1. The molecule has 1 N–H and O–H groups in total. The van der Waals surface area contributed by atoms with E-state index < -0.39 is 0 Å². The van der Waals surface area contributed by atoms with Crippen molar-refractivity contribution in [2.75, 3.05) is 13.2 Å². The van der Waals surface area contributed by atoms with Crippen molar-refractivity contribution in [1.82, 2.24) is 9.88 Å². The zero-order valence-corrected chi connectivity index (χ0v) is 12.1. The normalized spacial score (nSPS) is 18.2. The van der Waals surface area contributed by atoms with Crippen molar-refractivity contribution in [2.24, 2.45) is 0 Å². The van der Waals surface area contributed by atoms with Crippen LogP contribution in [0.5, 0.6) is 0 Å². The summed E-state index contributed by atoms with van der Waals surface area (Å²) in [6.07, 6.45) is 6.08. The number of para-hydroxylation sites is 1. The van der Waals surface area contributed by atoms with Crippen LogP contribution in [-0.2, 0) is 22.5 Å². The summed E-state index contributed by atoms with van der Waals surface area (Å²) in [5.41, 5.74) is 3.46. The van der Waals surface area contributed by atoms with Crippen molar-refractivity contribution in [3.05, 3.63) is 35.5 Å². The fraction of sp³-hybridized carbons (Fsp3) is 0.353. The van der Waals surface area contributed by atoms with Gasteiger partial charge in [-0.3, -0.25) is 9.69 Å². The molecule has 0 saturated heterocycles. The Morgan fingerprint density at radius 3 is 3.10 bits per heavy atom. The van der Waals surface area contributed by atoms with Crippen LogP contribution in [-0.4, -0.2) is 35.0 Å². The zero-order valence-electron chi connectivity index (χ0n) is 12.1. The first-order chi connectivity index (χ1) is 10.2. The number of hydrogen-bond acceptors (Lipinski definition) is 3. The Kier molecular flexibility index (Phi) is 3.68. The molecular formula is C17H18N2O2. The number of terminal acetylenes is 1. The van der Waals surface area contributed by atoms with E-state index in [9.17, 15) is 4.79 Å². The molecule has 0 bridgehead atoms. The van der Waals surface area contributed by atoms with E-state index in [1.54, 1.807) is 0 Å². The Labute approximate surface area is 124 Å². The lowest BCUT2D eigenvalue weighted by Crippen LogP contribution is -2.46. The molecule has 1 unspecified atom stereocenters. The second-order valence-corrected chi connectivity index (χ2v) is 5.21. The van der Waals surface area contributed by atoms with Crippen LogP contribution < -0.4 is 0 Å². The quantitative estimate of drug-likeness (QED) is 0.692. The van der Waals surface area contributed by atoms with Gasteiger partial charge in [-0.25, -0.2) is 0 Å². The highest BCUT2D eigenvalue weighted by atomic mass is 16.5. The average molecular weight is 282 g/mol. The molecule has 1 aliphatic heterocycles. The number of carbonyl (C=O) groups is 1. The van der Waals surface area contributed by atoms with Gasteiger partial charge in [-0.15, -0.1) is 6.42 Å². The van der Waals surface area contributed by atoms with E-state index in [4.69, 9.17) is 11.2 Å². The highest BCUT2D eigenvalue weighted by molar-refractivity contribution is 5.86. The van der Waals surface area contributed by atoms with E-state index in [-0.39, 0.29) is 12.0 Å². The van der Waals surface area contributed by atoms with E-state index in [0.717, 1.165) is 11.2 Å². The van der Waals surface area contributed by atoms with Gasteiger partial charge in [0.1, 0.15) is 6.04 Å². The largest absolute Gasteiger partial charge is 0.465 e. The summed E-state index contributed by atoms with van der Waals surface area (Å²) < 4.78 is 5.20. The fourth-order valence-electron chi connectivity index (χ4n) is 3.01. The number of aromatic nitrogens is 1. The molecule has 3 rings (SSSR count). The number of nitrogens with one attached hydrogen (secondary N) is 1. The van der Waals surface area contributed by atoms with Gasteiger partial charge in [-0.2, -0.15) is 0 Å². The van der Waals surface area contributed by atoms with Crippen LogP contribution >= 0.6 is 0 Å². The van der Waals surface area contributed by atoms with Crippen molar-refractivity contribution < 1.29 is 9.53 Å². The maximum atomic E-state index is 12.2. The fourth-order valence-corrected chi connectivity index (χ4v) is 3.01. The van der Waals surface area contributed by atoms with Crippen molar-refractivity contribution in [3.63, 3.8) is 0 Å². The molecule has 21 heavy (non-hydrogen) atoms. The molecule has 4 nitrogen and oxygen atoms in total. The topological polar surface area (TPSA) is 45.3 Å². The lowest BCUT2D eigenvalue weighted by molar-refractivity contribution is -0.149. The third-order valence-corrected chi connectivity index (χ3v) is 3.95. The van der Waals surface area contributed by atoms with Crippen molar-refractivity contribution in [1.29, 1.82) is 0 Å². The van der Waals surface area contributed by atoms with Gasteiger partial charge in [0, 0.05) is 29.6 Å². The van der Waals surface area contributed by atoms with Crippen LogP contribution in [0.4, 0.5) is 0 Å². The summed E-state index contributed by atoms with van der Waals surface area (Å²) in [5.74, 6) is 2.44. The summed E-state index contributed by atoms with van der Waals surface area (Å²) in [5, 5.41) is 1.18. The number of ether oxygens (including phenoxy) is 1. The van der Waals surface area contributed by atoms with Crippen LogP contribution in [0.1, 0.15) is 18.2 Å². The molecule has 1 aromatic heterocycles. The highest BCUT2D eigenvalue weighted by Gasteiger charge is 2.33. The maximum absolute atomic E-state index is 12.2. The zero-order chi connectivity index (χ0) is 14.8. The molecule has 2 heterocycles. The molecular weight excluding hydrogens is 264 g/mol. The van der Waals surface area contributed by atoms with Crippen LogP contribution in [0.15, 0.2) is 24.3 Å². The molecule has 1 atom stereocenters. The van der Waals surface area contributed by atoms with E-state index in [2.05, 4.69) is 23.0 Å². The number of hydrogen-bond donors (Lipinski definition) is 1. The van der Waals surface area contributed by atoms with Gasteiger partial charge in [0.2, 0.25) is 0 Å². The molecule has 4 heteroatoms. The minimum absolute atomic E-state index is 0.191. The Morgan fingerprint density at radius 2 is 2.33 bits per heavy atom. The van der Waals surface area contributed by atoms with Crippen LogP contribution in [0.2, 0.25) is 0 Å². The van der Waals surface area contributed by atoms with Gasteiger partial charge in [-0.05, 0) is 18.6 Å². The molecule has 1 aliphatic rings. The number of benzene rings is 1. The monoisotopic (exact) mass is 282 g/mol. The second kappa shape index (κ2) is 5.63. The third-order valence-electron chi connectivity index (χ3n) is 3.95. The summed E-state index contributed by atoms with van der Waals surface area (Å²) in [4.78, 5) is 17.6. The van der Waals surface area contributed by atoms with Gasteiger partial charge < -0.3 is 9.72 Å². The summed E-state index contributed by atoms with van der Waals surface area (Å²) in [7, 11) is 0. The SMILES string of the molecule is C#CCN1Cc2[nH]c3ccccc3c2CC1C(=O)OCC. The number of carbonyl (C=O) groups excluding carboxylic acids is 1. The predicted molar refractivity (Wildman–Crippen MR) is 81.7 cm³/mol. The molecule has 0 spiro atoms. The first-order valence-corrected chi connectivity index (χ1v) is 7.17. The average Bonchev–Trinajstić information content (AvgIpc) is 2.84. The minimum Gasteiger partial charge on any atom is -0.465 e. The lowest BCUT2D eigenvalue weighted by Gasteiger charge is -2.32. The van der Waals surface area contributed by atoms with Gasteiger partial charge in [-0.1, -0.05) is 24.1 Å². The number of fused-ring (bicyclic) bond motifs is 3. The van der Waals surface area contributed by atoms with Gasteiger partial charge in [0.05, 0.1) is 13.2 Å². The molecule has 0 radical (unpaired) electrons. The molecule has 0 amide bonds. The highest BCUT2D eigenvalue weighted by Crippen LogP contribution is 2.30.